The second kappa shape index (κ2) is 9.81. The third-order valence-electron chi connectivity index (χ3n) is 7.80. The van der Waals surface area contributed by atoms with Gasteiger partial charge in [-0.3, -0.25) is 4.79 Å². The van der Waals surface area contributed by atoms with Crippen molar-refractivity contribution in [3.05, 3.63) is 64.3 Å². The van der Waals surface area contributed by atoms with Crippen molar-refractivity contribution < 1.29 is 4.79 Å². The van der Waals surface area contributed by atoms with Gasteiger partial charge in [0, 0.05) is 43.0 Å². The zero-order valence-corrected chi connectivity index (χ0v) is 22.1. The van der Waals surface area contributed by atoms with Gasteiger partial charge in [-0.1, -0.05) is 50.6 Å². The number of nitrogens with zero attached hydrogens (tertiary/aromatic N) is 4. The van der Waals surface area contributed by atoms with E-state index in [0.29, 0.717) is 13.1 Å². The van der Waals surface area contributed by atoms with Crippen LogP contribution >= 0.6 is 11.3 Å². The number of thiophene rings is 1. The third-order valence-corrected chi connectivity index (χ3v) is 8.95. The molecule has 0 spiro atoms. The topological polar surface area (TPSA) is 49.3 Å². The number of benzene rings is 2. The lowest BCUT2D eigenvalue weighted by Gasteiger charge is -2.36. The first-order chi connectivity index (χ1) is 17.6. The van der Waals surface area contributed by atoms with E-state index in [9.17, 15) is 4.79 Å². The van der Waals surface area contributed by atoms with Crippen molar-refractivity contribution in [3.63, 3.8) is 0 Å². The highest BCUT2D eigenvalue weighted by molar-refractivity contribution is 7.19. The SMILES string of the molecule is CCCCc1nc(N2CCN(C(=O)c3ccc4ccccc4c3)CC2)c2c3c(sc2n1)CC(C)CC3. The Labute approximate surface area is 217 Å². The predicted molar refractivity (Wildman–Crippen MR) is 149 cm³/mol. The van der Waals surface area contributed by atoms with Gasteiger partial charge in [-0.05, 0) is 60.1 Å². The summed E-state index contributed by atoms with van der Waals surface area (Å²) in [4.78, 5) is 30.6. The summed E-state index contributed by atoms with van der Waals surface area (Å²) in [7, 11) is 0. The molecule has 6 heteroatoms. The highest BCUT2D eigenvalue weighted by atomic mass is 32.1. The third kappa shape index (κ3) is 4.36. The number of aromatic nitrogens is 2. The van der Waals surface area contributed by atoms with Crippen LogP contribution < -0.4 is 4.90 Å². The molecule has 1 aliphatic carbocycles. The Kier molecular flexibility index (Phi) is 6.38. The monoisotopic (exact) mass is 498 g/mol. The van der Waals surface area contributed by atoms with E-state index < -0.39 is 0 Å². The smallest absolute Gasteiger partial charge is 0.253 e. The summed E-state index contributed by atoms with van der Waals surface area (Å²) >= 11 is 1.89. The lowest BCUT2D eigenvalue weighted by Crippen LogP contribution is -2.49. The average molecular weight is 499 g/mol. The van der Waals surface area contributed by atoms with E-state index in [-0.39, 0.29) is 5.91 Å². The van der Waals surface area contributed by atoms with Crippen molar-refractivity contribution in [3.8, 4) is 0 Å². The highest BCUT2D eigenvalue weighted by Crippen LogP contribution is 2.41. The molecule has 1 saturated heterocycles. The molecule has 4 aromatic rings. The summed E-state index contributed by atoms with van der Waals surface area (Å²) in [5.74, 6) is 2.95. The fraction of sp³-hybridized carbons (Fsp3) is 0.433. The molecule has 1 amide bonds. The van der Waals surface area contributed by atoms with Crippen LogP contribution in [0.5, 0.6) is 0 Å². The minimum Gasteiger partial charge on any atom is -0.352 e. The summed E-state index contributed by atoms with van der Waals surface area (Å²) < 4.78 is 0. The highest BCUT2D eigenvalue weighted by Gasteiger charge is 2.29. The Morgan fingerprint density at radius 1 is 1.06 bits per heavy atom. The maximum atomic E-state index is 13.3. The van der Waals surface area contributed by atoms with Crippen molar-refractivity contribution in [2.24, 2.45) is 5.92 Å². The Morgan fingerprint density at radius 2 is 1.86 bits per heavy atom. The second-order valence-corrected chi connectivity index (χ2v) is 11.5. The van der Waals surface area contributed by atoms with Gasteiger partial charge in [0.25, 0.3) is 5.91 Å². The molecule has 0 bridgehead atoms. The molecule has 1 atom stereocenters. The first kappa shape index (κ1) is 23.4. The Hall–Kier alpha value is -2.99. The fourth-order valence-corrected chi connectivity index (χ4v) is 7.06. The van der Waals surface area contributed by atoms with Crippen LogP contribution in [0.2, 0.25) is 0 Å². The van der Waals surface area contributed by atoms with E-state index in [1.807, 2.05) is 40.5 Å². The number of rotatable bonds is 5. The molecule has 6 rings (SSSR count). The molecule has 1 fully saturated rings. The van der Waals surface area contributed by atoms with Crippen LogP contribution in [0.4, 0.5) is 5.82 Å². The van der Waals surface area contributed by atoms with Crippen LogP contribution in [0.25, 0.3) is 21.0 Å². The van der Waals surface area contributed by atoms with Crippen LogP contribution in [0.3, 0.4) is 0 Å². The maximum Gasteiger partial charge on any atom is 0.253 e. The summed E-state index contributed by atoms with van der Waals surface area (Å²) in [5.41, 5.74) is 2.26. The predicted octanol–water partition coefficient (Wildman–Crippen LogP) is 6.27. The number of carbonyl (C=O) groups excluding carboxylic acids is 1. The van der Waals surface area contributed by atoms with Gasteiger partial charge < -0.3 is 9.80 Å². The van der Waals surface area contributed by atoms with Crippen molar-refractivity contribution in [2.75, 3.05) is 31.1 Å². The zero-order chi connectivity index (χ0) is 24.6. The van der Waals surface area contributed by atoms with E-state index in [1.54, 1.807) is 0 Å². The molecule has 0 saturated carbocycles. The number of anilines is 1. The van der Waals surface area contributed by atoms with Gasteiger partial charge in [-0.25, -0.2) is 9.97 Å². The van der Waals surface area contributed by atoms with Gasteiger partial charge in [0.2, 0.25) is 0 Å². The van der Waals surface area contributed by atoms with Crippen molar-refractivity contribution >= 4 is 44.1 Å². The molecular formula is C30H34N4OS. The second-order valence-electron chi connectivity index (χ2n) is 10.4. The average Bonchev–Trinajstić information content (AvgIpc) is 3.28. The summed E-state index contributed by atoms with van der Waals surface area (Å²) in [6.07, 6.45) is 6.71. The number of carbonyl (C=O) groups is 1. The lowest BCUT2D eigenvalue weighted by atomic mass is 9.89. The van der Waals surface area contributed by atoms with Crippen LogP contribution in [-0.4, -0.2) is 47.0 Å². The quantitative estimate of drug-likeness (QED) is 0.325. The van der Waals surface area contributed by atoms with E-state index in [1.165, 1.54) is 32.5 Å². The molecule has 0 N–H and O–H groups in total. The number of aryl methyl sites for hydroxylation is 2. The van der Waals surface area contributed by atoms with Crippen molar-refractivity contribution in [2.45, 2.75) is 52.4 Å². The van der Waals surface area contributed by atoms with E-state index in [2.05, 4.69) is 36.9 Å². The van der Waals surface area contributed by atoms with Crippen LogP contribution in [-0.2, 0) is 19.3 Å². The summed E-state index contributed by atoms with van der Waals surface area (Å²) in [5, 5.41) is 3.57. The molecule has 1 aliphatic heterocycles. The number of fused-ring (bicyclic) bond motifs is 4. The first-order valence-electron chi connectivity index (χ1n) is 13.4. The molecule has 5 nitrogen and oxygen atoms in total. The zero-order valence-electron chi connectivity index (χ0n) is 21.3. The van der Waals surface area contributed by atoms with Gasteiger partial charge in [0.1, 0.15) is 16.5 Å². The number of unbranched alkanes of at least 4 members (excludes halogenated alkanes) is 1. The summed E-state index contributed by atoms with van der Waals surface area (Å²) in [6, 6.07) is 14.3. The van der Waals surface area contributed by atoms with E-state index >= 15 is 0 Å². The number of hydrogen-bond acceptors (Lipinski definition) is 5. The van der Waals surface area contributed by atoms with Gasteiger partial charge in [0.15, 0.2) is 0 Å². The molecule has 36 heavy (non-hydrogen) atoms. The largest absolute Gasteiger partial charge is 0.352 e. The summed E-state index contributed by atoms with van der Waals surface area (Å²) in [6.45, 7) is 7.61. The van der Waals surface area contributed by atoms with Crippen LogP contribution in [0.15, 0.2) is 42.5 Å². The lowest BCUT2D eigenvalue weighted by molar-refractivity contribution is 0.0746. The molecule has 186 valence electrons. The van der Waals surface area contributed by atoms with Gasteiger partial charge in [0.05, 0.1) is 5.39 Å². The standard InChI is InChI=1S/C30H34N4OS/c1-3-4-9-26-31-28(27-24-13-10-20(2)18-25(24)36-29(27)32-26)33-14-16-34(17-15-33)30(35)23-12-11-21-7-5-6-8-22(21)19-23/h5-8,11-12,19-20H,3-4,9-10,13-18H2,1-2H3. The first-order valence-corrected chi connectivity index (χ1v) is 14.3. The molecule has 2 aromatic heterocycles. The molecule has 1 unspecified atom stereocenters. The Bertz CT molecular complexity index is 1420. The van der Waals surface area contributed by atoms with Crippen molar-refractivity contribution in [1.82, 2.24) is 14.9 Å². The number of amides is 1. The van der Waals surface area contributed by atoms with Gasteiger partial charge in [-0.2, -0.15) is 0 Å². The Balaban J connectivity index is 1.26. The number of piperazine rings is 1. The van der Waals surface area contributed by atoms with Crippen LogP contribution in [0.1, 0.15) is 59.7 Å². The van der Waals surface area contributed by atoms with Crippen LogP contribution in [0, 0.1) is 5.92 Å². The van der Waals surface area contributed by atoms with E-state index in [0.717, 1.165) is 73.7 Å². The molecule has 2 aromatic carbocycles. The number of hydrogen-bond donors (Lipinski definition) is 0. The van der Waals surface area contributed by atoms with E-state index in [4.69, 9.17) is 9.97 Å². The minimum atomic E-state index is 0.124. The normalized spacial score (nSPS) is 18.1. The molecule has 2 aliphatic rings. The molecule has 3 heterocycles. The molecular weight excluding hydrogens is 464 g/mol. The van der Waals surface area contributed by atoms with Gasteiger partial charge >= 0.3 is 0 Å². The maximum absolute atomic E-state index is 13.3. The minimum absolute atomic E-state index is 0.124. The fourth-order valence-electron chi connectivity index (χ4n) is 5.67. The Morgan fingerprint density at radius 3 is 2.67 bits per heavy atom. The van der Waals surface area contributed by atoms with Gasteiger partial charge in [-0.15, -0.1) is 11.3 Å². The molecule has 0 radical (unpaired) electrons. The van der Waals surface area contributed by atoms with Crippen molar-refractivity contribution in [1.29, 1.82) is 0 Å².